The molecule has 0 unspecified atom stereocenters. The van der Waals surface area contributed by atoms with Crippen molar-refractivity contribution < 1.29 is 9.50 Å². The summed E-state index contributed by atoms with van der Waals surface area (Å²) in [7, 11) is 0. The second-order valence-electron chi connectivity index (χ2n) is 3.14. The summed E-state index contributed by atoms with van der Waals surface area (Å²) in [4.78, 5) is 0. The molecule has 0 saturated carbocycles. The van der Waals surface area contributed by atoms with Crippen LogP contribution >= 0.6 is 0 Å². The minimum Gasteiger partial charge on any atom is -0.237 e. The smallest absolute Gasteiger partial charge is 0.123 e. The van der Waals surface area contributed by atoms with Gasteiger partial charge in [-0.25, -0.2) is 9.50 Å². The molecule has 0 aromatic heterocycles. The van der Waals surface area contributed by atoms with E-state index in [-0.39, 0.29) is 12.4 Å². The number of unbranched alkanes of at least 4 members (excludes halogenated alkanes) is 2. The highest BCUT2D eigenvalue weighted by atomic mass is 19.1. The van der Waals surface area contributed by atoms with E-state index in [1.54, 1.807) is 12.1 Å². The van der Waals surface area contributed by atoms with Crippen LogP contribution in [0.5, 0.6) is 0 Å². The molecule has 13 heavy (non-hydrogen) atoms. The second-order valence-corrected chi connectivity index (χ2v) is 3.14. The van der Waals surface area contributed by atoms with Crippen LogP contribution in [0.1, 0.15) is 24.8 Å². The summed E-state index contributed by atoms with van der Waals surface area (Å²) >= 11 is 0. The predicted octanol–water partition coefficient (Wildman–Crippen LogP) is 2.97. The van der Waals surface area contributed by atoms with Crippen LogP contribution in [0.3, 0.4) is 0 Å². The molecule has 0 spiro atoms. The van der Waals surface area contributed by atoms with Gasteiger partial charge in [-0.1, -0.05) is 18.6 Å². The van der Waals surface area contributed by atoms with E-state index >= 15 is 0 Å². The highest BCUT2D eigenvalue weighted by molar-refractivity contribution is 5.15. The predicted molar refractivity (Wildman–Crippen MR) is 49.5 cm³/mol. The number of halogens is 1. The van der Waals surface area contributed by atoms with Crippen molar-refractivity contribution in [1.29, 1.82) is 0 Å². The van der Waals surface area contributed by atoms with Crippen molar-refractivity contribution in [3.8, 4) is 0 Å². The Bertz CT molecular complexity index is 230. The number of hydrogen-bond donors (Lipinski definition) is 0. The SMILES string of the molecule is [O]CCCCCc1ccc(F)cc1. The first-order valence-corrected chi connectivity index (χ1v) is 4.65. The average Bonchev–Trinajstić information content (AvgIpc) is 2.15. The maximum atomic E-state index is 12.5. The van der Waals surface area contributed by atoms with Gasteiger partial charge in [0.15, 0.2) is 0 Å². The number of rotatable bonds is 5. The van der Waals surface area contributed by atoms with Crippen LogP contribution in [0.15, 0.2) is 24.3 Å². The van der Waals surface area contributed by atoms with Gasteiger partial charge in [-0.2, -0.15) is 0 Å². The van der Waals surface area contributed by atoms with E-state index in [1.165, 1.54) is 12.1 Å². The Kier molecular flexibility index (Phi) is 4.47. The molecule has 0 aliphatic rings. The zero-order valence-electron chi connectivity index (χ0n) is 7.63. The number of hydrogen-bond acceptors (Lipinski definition) is 0. The Morgan fingerprint density at radius 2 is 1.69 bits per heavy atom. The number of benzene rings is 1. The first kappa shape index (κ1) is 10.2. The molecule has 0 N–H and O–H groups in total. The van der Waals surface area contributed by atoms with Crippen LogP contribution in [0.2, 0.25) is 0 Å². The molecule has 0 aliphatic carbocycles. The Morgan fingerprint density at radius 3 is 2.31 bits per heavy atom. The molecule has 1 radical (unpaired) electrons. The van der Waals surface area contributed by atoms with Crippen LogP contribution in [-0.4, -0.2) is 6.61 Å². The highest BCUT2D eigenvalue weighted by Gasteiger charge is 1.94. The molecule has 1 aromatic rings. The fourth-order valence-corrected chi connectivity index (χ4v) is 1.26. The largest absolute Gasteiger partial charge is 0.237 e. The fourth-order valence-electron chi connectivity index (χ4n) is 1.26. The zero-order valence-corrected chi connectivity index (χ0v) is 7.63. The second kappa shape index (κ2) is 5.70. The van der Waals surface area contributed by atoms with Crippen molar-refractivity contribution in [2.45, 2.75) is 25.7 Å². The molecule has 71 valence electrons. The first-order valence-electron chi connectivity index (χ1n) is 4.65. The van der Waals surface area contributed by atoms with Crippen molar-refractivity contribution in [2.24, 2.45) is 0 Å². The Hall–Kier alpha value is -0.890. The molecular weight excluding hydrogens is 167 g/mol. The molecule has 1 aromatic carbocycles. The molecule has 0 fully saturated rings. The average molecular weight is 181 g/mol. The van der Waals surface area contributed by atoms with Crippen LogP contribution in [0, 0.1) is 5.82 Å². The van der Waals surface area contributed by atoms with E-state index in [1.807, 2.05) is 0 Å². The standard InChI is InChI=1S/C11H14FO/c12-11-7-5-10(6-8-11)4-2-1-3-9-13/h5-8H,1-4,9H2. The summed E-state index contributed by atoms with van der Waals surface area (Å²) in [5, 5.41) is 10.1. The lowest BCUT2D eigenvalue weighted by Crippen LogP contribution is -1.87. The van der Waals surface area contributed by atoms with Crippen molar-refractivity contribution >= 4 is 0 Å². The molecule has 0 atom stereocenters. The lowest BCUT2D eigenvalue weighted by Gasteiger charge is -1.99. The van der Waals surface area contributed by atoms with E-state index in [0.717, 1.165) is 31.2 Å². The normalized spacial score (nSPS) is 10.3. The van der Waals surface area contributed by atoms with Gasteiger partial charge < -0.3 is 0 Å². The fraction of sp³-hybridized carbons (Fsp3) is 0.455. The van der Waals surface area contributed by atoms with E-state index in [9.17, 15) is 9.50 Å². The van der Waals surface area contributed by atoms with Gasteiger partial charge in [0.2, 0.25) is 0 Å². The third-order valence-electron chi connectivity index (χ3n) is 2.02. The van der Waals surface area contributed by atoms with Crippen LogP contribution in [0.4, 0.5) is 4.39 Å². The summed E-state index contributed by atoms with van der Waals surface area (Å²) in [6.07, 6.45) is 3.69. The lowest BCUT2D eigenvalue weighted by atomic mass is 10.1. The van der Waals surface area contributed by atoms with Crippen molar-refractivity contribution in [2.75, 3.05) is 6.61 Å². The van der Waals surface area contributed by atoms with Crippen LogP contribution < -0.4 is 0 Å². The van der Waals surface area contributed by atoms with Crippen molar-refractivity contribution in [3.63, 3.8) is 0 Å². The monoisotopic (exact) mass is 181 g/mol. The van der Waals surface area contributed by atoms with Gasteiger partial charge in [0.1, 0.15) is 5.82 Å². The molecule has 1 nitrogen and oxygen atoms in total. The summed E-state index contributed by atoms with van der Waals surface area (Å²) in [5.41, 5.74) is 1.15. The van der Waals surface area contributed by atoms with E-state index in [4.69, 9.17) is 0 Å². The maximum Gasteiger partial charge on any atom is 0.123 e. The molecular formula is C11H14FO. The van der Waals surface area contributed by atoms with Gasteiger partial charge in [0.05, 0.1) is 6.61 Å². The van der Waals surface area contributed by atoms with Gasteiger partial charge in [-0.05, 0) is 37.0 Å². The molecule has 0 heterocycles. The molecule has 2 heteroatoms. The van der Waals surface area contributed by atoms with Gasteiger partial charge in [-0.15, -0.1) is 0 Å². The van der Waals surface area contributed by atoms with Gasteiger partial charge >= 0.3 is 0 Å². The third-order valence-corrected chi connectivity index (χ3v) is 2.02. The third kappa shape index (κ3) is 4.04. The molecule has 1 rings (SSSR count). The van der Waals surface area contributed by atoms with Gasteiger partial charge in [0.25, 0.3) is 0 Å². The molecule has 0 aliphatic heterocycles. The highest BCUT2D eigenvalue weighted by Crippen LogP contribution is 2.07. The summed E-state index contributed by atoms with van der Waals surface area (Å²) in [6, 6.07) is 6.55. The van der Waals surface area contributed by atoms with E-state index < -0.39 is 0 Å². The summed E-state index contributed by atoms with van der Waals surface area (Å²) in [5.74, 6) is -0.191. The van der Waals surface area contributed by atoms with Crippen molar-refractivity contribution in [1.82, 2.24) is 0 Å². The van der Waals surface area contributed by atoms with Crippen molar-refractivity contribution in [3.05, 3.63) is 35.6 Å². The number of aryl methyl sites for hydroxylation is 1. The maximum absolute atomic E-state index is 12.5. The molecule has 0 bridgehead atoms. The van der Waals surface area contributed by atoms with Crippen LogP contribution in [0.25, 0.3) is 0 Å². The Morgan fingerprint density at radius 1 is 1.00 bits per heavy atom. The van der Waals surface area contributed by atoms with E-state index in [0.29, 0.717) is 0 Å². The quantitative estimate of drug-likeness (QED) is 0.622. The summed E-state index contributed by atoms with van der Waals surface area (Å²) in [6.45, 7) is 0.0173. The van der Waals surface area contributed by atoms with Crippen LogP contribution in [-0.2, 0) is 11.5 Å². The van der Waals surface area contributed by atoms with Gasteiger partial charge in [-0.3, -0.25) is 0 Å². The minimum absolute atomic E-state index is 0.0173. The molecule has 0 saturated heterocycles. The first-order chi connectivity index (χ1) is 6.33. The Labute approximate surface area is 78.2 Å². The van der Waals surface area contributed by atoms with Gasteiger partial charge in [0, 0.05) is 0 Å². The summed E-state index contributed by atoms with van der Waals surface area (Å²) < 4.78 is 12.5. The Balaban J connectivity index is 2.25. The molecule has 0 amide bonds. The zero-order chi connectivity index (χ0) is 9.52. The minimum atomic E-state index is -0.191. The lowest BCUT2D eigenvalue weighted by molar-refractivity contribution is 0.186. The van der Waals surface area contributed by atoms with E-state index in [2.05, 4.69) is 0 Å². The topological polar surface area (TPSA) is 19.9 Å².